The molecule has 0 aliphatic carbocycles. The zero-order valence-electron chi connectivity index (χ0n) is 9.34. The first-order valence-corrected chi connectivity index (χ1v) is 6.26. The number of hydrogen-bond donors (Lipinski definition) is 2. The summed E-state index contributed by atoms with van der Waals surface area (Å²) in [5, 5.41) is 12.7. The van der Waals surface area contributed by atoms with Crippen LogP contribution < -0.4 is 5.32 Å². The monoisotopic (exact) mass is 325 g/mol. The summed E-state index contributed by atoms with van der Waals surface area (Å²) in [4.78, 5) is 0. The van der Waals surface area contributed by atoms with Gasteiger partial charge < -0.3 is 15.2 Å². The van der Waals surface area contributed by atoms with E-state index in [2.05, 4.69) is 21.2 Å². The van der Waals surface area contributed by atoms with Crippen molar-refractivity contribution in [2.45, 2.75) is 6.10 Å². The van der Waals surface area contributed by atoms with E-state index in [1.807, 2.05) is 0 Å². The van der Waals surface area contributed by atoms with Gasteiger partial charge in [0.1, 0.15) is 5.82 Å². The SMILES string of the molecule is COCCNCC(O)c1ccc(Br)c(Cl)c1F. The van der Waals surface area contributed by atoms with Gasteiger partial charge in [0, 0.05) is 30.2 Å². The molecule has 0 amide bonds. The summed E-state index contributed by atoms with van der Waals surface area (Å²) in [6.45, 7) is 1.38. The van der Waals surface area contributed by atoms with E-state index in [-0.39, 0.29) is 17.1 Å². The molecule has 2 N–H and O–H groups in total. The normalized spacial score (nSPS) is 12.8. The summed E-state index contributed by atoms with van der Waals surface area (Å²) in [6, 6.07) is 3.12. The van der Waals surface area contributed by atoms with E-state index in [0.717, 1.165) is 0 Å². The quantitative estimate of drug-likeness (QED) is 0.623. The van der Waals surface area contributed by atoms with Crippen LogP contribution in [-0.2, 0) is 4.74 Å². The molecule has 0 aliphatic heterocycles. The number of halogens is 3. The van der Waals surface area contributed by atoms with E-state index in [4.69, 9.17) is 16.3 Å². The molecule has 0 aliphatic rings. The molecular weight excluding hydrogens is 312 g/mol. The second-order valence-electron chi connectivity index (χ2n) is 3.48. The Labute approximate surface area is 113 Å². The maximum atomic E-state index is 13.7. The molecule has 1 aromatic rings. The molecule has 0 saturated carbocycles. The lowest BCUT2D eigenvalue weighted by Crippen LogP contribution is -2.25. The van der Waals surface area contributed by atoms with Crippen molar-refractivity contribution in [3.8, 4) is 0 Å². The van der Waals surface area contributed by atoms with Gasteiger partial charge in [0.05, 0.1) is 17.7 Å². The average Bonchev–Trinajstić information content (AvgIpc) is 2.31. The lowest BCUT2D eigenvalue weighted by molar-refractivity contribution is 0.158. The highest BCUT2D eigenvalue weighted by molar-refractivity contribution is 9.10. The zero-order valence-corrected chi connectivity index (χ0v) is 11.7. The number of aliphatic hydroxyl groups excluding tert-OH is 1. The third-order valence-electron chi connectivity index (χ3n) is 2.24. The minimum absolute atomic E-state index is 0.0153. The van der Waals surface area contributed by atoms with Crippen LogP contribution in [0.1, 0.15) is 11.7 Å². The maximum absolute atomic E-state index is 13.7. The Balaban J connectivity index is 2.63. The minimum Gasteiger partial charge on any atom is -0.387 e. The van der Waals surface area contributed by atoms with Crippen molar-refractivity contribution in [2.24, 2.45) is 0 Å². The van der Waals surface area contributed by atoms with Crippen LogP contribution in [0.2, 0.25) is 5.02 Å². The number of nitrogens with one attached hydrogen (secondary N) is 1. The molecule has 0 radical (unpaired) electrons. The first kappa shape index (κ1) is 14.9. The summed E-state index contributed by atoms with van der Waals surface area (Å²) in [5.74, 6) is -0.595. The summed E-state index contributed by atoms with van der Waals surface area (Å²) in [6.07, 6.45) is -0.933. The first-order valence-electron chi connectivity index (χ1n) is 5.09. The number of aliphatic hydroxyl groups is 1. The lowest BCUT2D eigenvalue weighted by Gasteiger charge is -2.14. The van der Waals surface area contributed by atoms with Crippen LogP contribution in [0.4, 0.5) is 4.39 Å². The predicted octanol–water partition coefficient (Wildman–Crippen LogP) is 2.51. The highest BCUT2D eigenvalue weighted by Gasteiger charge is 2.16. The lowest BCUT2D eigenvalue weighted by atomic mass is 10.1. The number of benzene rings is 1. The Kier molecular flexibility index (Phi) is 6.37. The van der Waals surface area contributed by atoms with E-state index in [9.17, 15) is 9.50 Å². The van der Waals surface area contributed by atoms with E-state index in [0.29, 0.717) is 17.6 Å². The molecule has 0 aromatic heterocycles. The molecule has 1 atom stereocenters. The smallest absolute Gasteiger partial charge is 0.148 e. The maximum Gasteiger partial charge on any atom is 0.148 e. The van der Waals surface area contributed by atoms with Gasteiger partial charge in [-0.2, -0.15) is 0 Å². The fourth-order valence-corrected chi connectivity index (χ4v) is 1.80. The van der Waals surface area contributed by atoms with Crippen molar-refractivity contribution in [3.63, 3.8) is 0 Å². The molecule has 0 fully saturated rings. The Bertz CT molecular complexity index is 379. The topological polar surface area (TPSA) is 41.5 Å². The van der Waals surface area contributed by atoms with Gasteiger partial charge in [-0.15, -0.1) is 0 Å². The Hall–Kier alpha value is -0.200. The van der Waals surface area contributed by atoms with Gasteiger partial charge in [-0.1, -0.05) is 17.7 Å². The Morgan fingerprint density at radius 3 is 2.94 bits per heavy atom. The van der Waals surface area contributed by atoms with Crippen molar-refractivity contribution in [3.05, 3.63) is 33.0 Å². The molecule has 1 unspecified atom stereocenters. The number of methoxy groups -OCH3 is 1. The molecule has 96 valence electrons. The van der Waals surface area contributed by atoms with Gasteiger partial charge >= 0.3 is 0 Å². The number of rotatable bonds is 6. The summed E-state index contributed by atoms with van der Waals surface area (Å²) in [5.41, 5.74) is 0.183. The predicted molar refractivity (Wildman–Crippen MR) is 68.8 cm³/mol. The third-order valence-corrected chi connectivity index (χ3v) is 3.50. The fraction of sp³-hybridized carbons (Fsp3) is 0.455. The van der Waals surface area contributed by atoms with Crippen LogP contribution in [0.25, 0.3) is 0 Å². The molecule has 0 saturated heterocycles. The largest absolute Gasteiger partial charge is 0.387 e. The molecule has 0 bridgehead atoms. The Morgan fingerprint density at radius 1 is 1.59 bits per heavy atom. The van der Waals surface area contributed by atoms with Crippen molar-refractivity contribution >= 4 is 27.5 Å². The standard InChI is InChI=1S/C11H14BrClFNO2/c1-17-5-4-15-6-9(16)7-2-3-8(12)10(13)11(7)14/h2-3,9,15-16H,4-6H2,1H3. The third kappa shape index (κ3) is 4.19. The van der Waals surface area contributed by atoms with Crippen LogP contribution in [0.5, 0.6) is 0 Å². The van der Waals surface area contributed by atoms with Crippen LogP contribution in [-0.4, -0.2) is 31.9 Å². The van der Waals surface area contributed by atoms with Gasteiger partial charge in [0.25, 0.3) is 0 Å². The molecule has 6 heteroatoms. The average molecular weight is 327 g/mol. The van der Waals surface area contributed by atoms with Crippen LogP contribution in [0.15, 0.2) is 16.6 Å². The summed E-state index contributed by atoms with van der Waals surface area (Å²) >= 11 is 8.85. The highest BCUT2D eigenvalue weighted by atomic mass is 79.9. The van der Waals surface area contributed by atoms with E-state index in [1.165, 1.54) is 6.07 Å². The molecular formula is C11H14BrClFNO2. The fourth-order valence-electron chi connectivity index (χ4n) is 1.32. The first-order chi connectivity index (χ1) is 8.07. The second kappa shape index (κ2) is 7.28. The molecule has 3 nitrogen and oxygen atoms in total. The van der Waals surface area contributed by atoms with Gasteiger partial charge in [0.2, 0.25) is 0 Å². The molecule has 1 rings (SSSR count). The summed E-state index contributed by atoms with van der Waals surface area (Å²) in [7, 11) is 1.59. The van der Waals surface area contributed by atoms with Crippen LogP contribution >= 0.6 is 27.5 Å². The molecule has 17 heavy (non-hydrogen) atoms. The van der Waals surface area contributed by atoms with Crippen LogP contribution in [0, 0.1) is 5.82 Å². The van der Waals surface area contributed by atoms with Crippen LogP contribution in [0.3, 0.4) is 0 Å². The molecule has 0 spiro atoms. The number of ether oxygens (including phenoxy) is 1. The number of hydrogen-bond acceptors (Lipinski definition) is 3. The zero-order chi connectivity index (χ0) is 12.8. The Morgan fingerprint density at radius 2 is 2.29 bits per heavy atom. The van der Waals surface area contributed by atoms with E-state index in [1.54, 1.807) is 13.2 Å². The van der Waals surface area contributed by atoms with Crippen molar-refractivity contribution in [1.82, 2.24) is 5.32 Å². The van der Waals surface area contributed by atoms with Gasteiger partial charge in [-0.05, 0) is 22.0 Å². The molecule has 0 heterocycles. The highest BCUT2D eigenvalue weighted by Crippen LogP contribution is 2.30. The van der Waals surface area contributed by atoms with E-state index < -0.39 is 11.9 Å². The van der Waals surface area contributed by atoms with Crippen molar-refractivity contribution in [2.75, 3.05) is 26.8 Å². The second-order valence-corrected chi connectivity index (χ2v) is 4.71. The summed E-state index contributed by atoms with van der Waals surface area (Å²) < 4.78 is 19.0. The van der Waals surface area contributed by atoms with Gasteiger partial charge in [0.15, 0.2) is 0 Å². The van der Waals surface area contributed by atoms with Gasteiger partial charge in [-0.25, -0.2) is 4.39 Å². The van der Waals surface area contributed by atoms with Crippen molar-refractivity contribution < 1.29 is 14.2 Å². The van der Waals surface area contributed by atoms with Crippen molar-refractivity contribution in [1.29, 1.82) is 0 Å². The molecule has 1 aromatic carbocycles. The van der Waals surface area contributed by atoms with E-state index >= 15 is 0 Å². The minimum atomic E-state index is -0.933. The van der Waals surface area contributed by atoms with Gasteiger partial charge in [-0.3, -0.25) is 0 Å².